The molecular formula is C17H16BrFN2O4. The van der Waals surface area contributed by atoms with E-state index in [1.807, 2.05) is 0 Å². The van der Waals surface area contributed by atoms with E-state index in [1.165, 1.54) is 38.3 Å². The molecule has 0 saturated heterocycles. The quantitative estimate of drug-likeness (QED) is 0.743. The van der Waals surface area contributed by atoms with Gasteiger partial charge >= 0.3 is 0 Å². The van der Waals surface area contributed by atoms with Crippen molar-refractivity contribution in [3.8, 4) is 11.5 Å². The van der Waals surface area contributed by atoms with E-state index in [4.69, 9.17) is 9.47 Å². The summed E-state index contributed by atoms with van der Waals surface area (Å²) in [5.41, 5.74) is 4.79. The number of hydrazine groups is 1. The second-order valence-corrected chi connectivity index (χ2v) is 5.83. The average molecular weight is 411 g/mol. The van der Waals surface area contributed by atoms with Gasteiger partial charge in [0.2, 0.25) is 0 Å². The van der Waals surface area contributed by atoms with Crippen LogP contribution in [0.4, 0.5) is 4.39 Å². The van der Waals surface area contributed by atoms with Gasteiger partial charge in [-0.25, -0.2) is 4.39 Å². The highest BCUT2D eigenvalue weighted by molar-refractivity contribution is 9.10. The molecule has 0 aromatic heterocycles. The Hall–Kier alpha value is -2.61. The molecule has 2 amide bonds. The second kappa shape index (κ2) is 8.48. The van der Waals surface area contributed by atoms with Crippen LogP contribution in [0, 0.1) is 5.82 Å². The third-order valence-electron chi connectivity index (χ3n) is 3.23. The van der Waals surface area contributed by atoms with Crippen LogP contribution in [0.5, 0.6) is 11.5 Å². The minimum absolute atomic E-state index is 0.0491. The number of para-hydroxylation sites is 1. The number of nitrogens with one attached hydrogen (secondary N) is 2. The number of hydrogen-bond donors (Lipinski definition) is 2. The van der Waals surface area contributed by atoms with E-state index in [1.54, 1.807) is 18.2 Å². The summed E-state index contributed by atoms with van der Waals surface area (Å²) in [6.07, 6.45) is -1.01. The third-order valence-corrected chi connectivity index (χ3v) is 3.92. The van der Waals surface area contributed by atoms with Crippen LogP contribution in [0.1, 0.15) is 17.3 Å². The maximum Gasteiger partial charge on any atom is 0.279 e. The lowest BCUT2D eigenvalue weighted by atomic mass is 10.2. The molecular weight excluding hydrogens is 395 g/mol. The minimum Gasteiger partial charge on any atom is -0.497 e. The van der Waals surface area contributed by atoms with Gasteiger partial charge in [0, 0.05) is 4.47 Å². The Morgan fingerprint density at radius 3 is 2.56 bits per heavy atom. The fourth-order valence-electron chi connectivity index (χ4n) is 1.88. The first-order valence-corrected chi connectivity index (χ1v) is 8.06. The Morgan fingerprint density at radius 2 is 1.88 bits per heavy atom. The standard InChI is InChI=1S/C17H16BrFN2O4/c1-10(25-15-6-4-3-5-14(15)19)16(22)20-21-17(23)12-9-11(24-2)7-8-13(12)18/h3-10H,1-2H3,(H,20,22)(H,21,23). The molecule has 8 heteroatoms. The van der Waals surface area contributed by atoms with Gasteiger partial charge in [0.1, 0.15) is 5.75 Å². The maximum atomic E-state index is 13.5. The second-order valence-electron chi connectivity index (χ2n) is 4.98. The zero-order valence-electron chi connectivity index (χ0n) is 13.5. The van der Waals surface area contributed by atoms with Crippen molar-refractivity contribution in [1.29, 1.82) is 0 Å². The van der Waals surface area contributed by atoms with E-state index in [-0.39, 0.29) is 11.3 Å². The fourth-order valence-corrected chi connectivity index (χ4v) is 2.30. The van der Waals surface area contributed by atoms with E-state index in [0.717, 1.165) is 0 Å². The molecule has 0 spiro atoms. The first-order valence-electron chi connectivity index (χ1n) is 7.27. The van der Waals surface area contributed by atoms with Gasteiger partial charge in [-0.3, -0.25) is 20.4 Å². The molecule has 132 valence electrons. The van der Waals surface area contributed by atoms with Crippen molar-refractivity contribution in [3.63, 3.8) is 0 Å². The number of rotatable bonds is 5. The molecule has 6 nitrogen and oxygen atoms in total. The lowest BCUT2D eigenvalue weighted by Gasteiger charge is -2.16. The molecule has 0 aliphatic carbocycles. The Morgan fingerprint density at radius 1 is 1.16 bits per heavy atom. The summed E-state index contributed by atoms with van der Waals surface area (Å²) >= 11 is 3.25. The molecule has 2 aromatic rings. The summed E-state index contributed by atoms with van der Waals surface area (Å²) in [5, 5.41) is 0. The van der Waals surface area contributed by atoms with Crippen LogP contribution in [0.15, 0.2) is 46.9 Å². The number of hydrogen-bond acceptors (Lipinski definition) is 4. The normalized spacial score (nSPS) is 11.4. The molecule has 0 heterocycles. The predicted molar refractivity (Wildman–Crippen MR) is 92.8 cm³/mol. The summed E-state index contributed by atoms with van der Waals surface area (Å²) in [6, 6.07) is 10.6. The number of carbonyl (C=O) groups excluding carboxylic acids is 2. The molecule has 25 heavy (non-hydrogen) atoms. The largest absolute Gasteiger partial charge is 0.497 e. The first-order chi connectivity index (χ1) is 11.9. The van der Waals surface area contributed by atoms with Crippen molar-refractivity contribution in [2.45, 2.75) is 13.0 Å². The van der Waals surface area contributed by atoms with Crippen molar-refractivity contribution in [3.05, 3.63) is 58.3 Å². The highest BCUT2D eigenvalue weighted by Gasteiger charge is 2.18. The maximum absolute atomic E-state index is 13.5. The van der Waals surface area contributed by atoms with Crippen molar-refractivity contribution in [2.24, 2.45) is 0 Å². The zero-order chi connectivity index (χ0) is 18.4. The van der Waals surface area contributed by atoms with E-state index < -0.39 is 23.7 Å². The number of ether oxygens (including phenoxy) is 2. The Balaban J connectivity index is 1.95. The molecule has 0 saturated carbocycles. The van der Waals surface area contributed by atoms with E-state index >= 15 is 0 Å². The number of benzene rings is 2. The van der Waals surface area contributed by atoms with Crippen LogP contribution in [0.2, 0.25) is 0 Å². The highest BCUT2D eigenvalue weighted by Crippen LogP contribution is 2.22. The molecule has 2 aromatic carbocycles. The summed E-state index contributed by atoms with van der Waals surface area (Å²) in [7, 11) is 1.48. The third kappa shape index (κ3) is 4.93. The van der Waals surface area contributed by atoms with E-state index in [0.29, 0.717) is 10.2 Å². The van der Waals surface area contributed by atoms with Gasteiger partial charge in [-0.1, -0.05) is 12.1 Å². The van der Waals surface area contributed by atoms with Gasteiger partial charge in [0.25, 0.3) is 11.8 Å². The van der Waals surface area contributed by atoms with Gasteiger partial charge in [-0.15, -0.1) is 0 Å². The number of halogens is 2. The fraction of sp³-hybridized carbons (Fsp3) is 0.176. The summed E-state index contributed by atoms with van der Waals surface area (Å²) < 4.78 is 24.4. The molecule has 1 unspecified atom stereocenters. The summed E-state index contributed by atoms with van der Waals surface area (Å²) in [4.78, 5) is 24.2. The molecule has 2 N–H and O–H groups in total. The van der Waals surface area contributed by atoms with Crippen molar-refractivity contribution in [2.75, 3.05) is 7.11 Å². The van der Waals surface area contributed by atoms with Gasteiger partial charge < -0.3 is 9.47 Å². The Bertz CT molecular complexity index is 785. The van der Waals surface area contributed by atoms with Gasteiger partial charge in [0.15, 0.2) is 17.7 Å². The van der Waals surface area contributed by atoms with Crippen LogP contribution < -0.4 is 20.3 Å². The van der Waals surface area contributed by atoms with Crippen molar-refractivity contribution >= 4 is 27.7 Å². The van der Waals surface area contributed by atoms with Gasteiger partial charge in [-0.2, -0.15) is 0 Å². The summed E-state index contributed by atoms with van der Waals surface area (Å²) in [5.74, 6) is -1.30. The average Bonchev–Trinajstić information content (AvgIpc) is 2.61. The van der Waals surface area contributed by atoms with Crippen molar-refractivity contribution < 1.29 is 23.5 Å². The van der Waals surface area contributed by atoms with Crippen molar-refractivity contribution in [1.82, 2.24) is 10.9 Å². The Kier molecular flexibility index (Phi) is 6.35. The van der Waals surface area contributed by atoms with Gasteiger partial charge in [-0.05, 0) is 53.2 Å². The molecule has 1 atom stereocenters. The minimum atomic E-state index is -1.01. The van der Waals surface area contributed by atoms with Crippen LogP contribution in [0.3, 0.4) is 0 Å². The monoisotopic (exact) mass is 410 g/mol. The molecule has 0 bridgehead atoms. The molecule has 0 radical (unpaired) electrons. The highest BCUT2D eigenvalue weighted by atomic mass is 79.9. The molecule has 2 rings (SSSR count). The van der Waals surface area contributed by atoms with E-state index in [9.17, 15) is 14.0 Å². The first kappa shape index (κ1) is 18.7. The lowest BCUT2D eigenvalue weighted by molar-refractivity contribution is -0.128. The molecule has 0 aliphatic heterocycles. The van der Waals surface area contributed by atoms with Crippen LogP contribution in [-0.4, -0.2) is 25.0 Å². The van der Waals surface area contributed by atoms with Crippen LogP contribution >= 0.6 is 15.9 Å². The Labute approximate surface area is 152 Å². The zero-order valence-corrected chi connectivity index (χ0v) is 15.1. The molecule has 0 fully saturated rings. The predicted octanol–water partition coefficient (Wildman–Crippen LogP) is 2.83. The topological polar surface area (TPSA) is 76.7 Å². The van der Waals surface area contributed by atoms with Crippen LogP contribution in [0.25, 0.3) is 0 Å². The van der Waals surface area contributed by atoms with Gasteiger partial charge in [0.05, 0.1) is 12.7 Å². The van der Waals surface area contributed by atoms with Crippen LogP contribution in [-0.2, 0) is 4.79 Å². The van der Waals surface area contributed by atoms with E-state index in [2.05, 4.69) is 26.8 Å². The molecule has 0 aliphatic rings. The smallest absolute Gasteiger partial charge is 0.279 e. The number of amides is 2. The summed E-state index contributed by atoms with van der Waals surface area (Å²) in [6.45, 7) is 1.44. The number of carbonyl (C=O) groups is 2. The SMILES string of the molecule is COc1ccc(Br)c(C(=O)NNC(=O)C(C)Oc2ccccc2F)c1. The number of methoxy groups -OCH3 is 1. The lowest BCUT2D eigenvalue weighted by Crippen LogP contribution is -2.47.